The van der Waals surface area contributed by atoms with Crippen LogP contribution in [0.2, 0.25) is 0 Å². The molecule has 1 N–H and O–H groups in total. The van der Waals surface area contributed by atoms with E-state index in [0.717, 1.165) is 24.4 Å². The first-order chi connectivity index (χ1) is 8.57. The summed E-state index contributed by atoms with van der Waals surface area (Å²) in [4.78, 5) is 11.0. The van der Waals surface area contributed by atoms with Crippen LogP contribution in [-0.2, 0) is 16.0 Å². The van der Waals surface area contributed by atoms with Gasteiger partial charge in [-0.25, -0.2) is 4.79 Å². The minimum atomic E-state index is -0.870. The molecule has 0 aliphatic rings. The van der Waals surface area contributed by atoms with Gasteiger partial charge in [0.2, 0.25) is 0 Å². The van der Waals surface area contributed by atoms with E-state index in [1.165, 1.54) is 0 Å². The minimum Gasteiger partial charge on any atom is -0.478 e. The second kappa shape index (κ2) is 7.18. The van der Waals surface area contributed by atoms with Crippen LogP contribution in [0.25, 0.3) is 0 Å². The summed E-state index contributed by atoms with van der Waals surface area (Å²) in [5, 5.41) is 9.02. The molecule has 1 aromatic heterocycles. The van der Waals surface area contributed by atoms with E-state index >= 15 is 0 Å². The van der Waals surface area contributed by atoms with Crippen molar-refractivity contribution in [2.24, 2.45) is 0 Å². The van der Waals surface area contributed by atoms with E-state index in [2.05, 4.69) is 0 Å². The third kappa shape index (κ3) is 3.85. The highest BCUT2D eigenvalue weighted by Gasteiger charge is 2.13. The van der Waals surface area contributed by atoms with Crippen LogP contribution in [0.1, 0.15) is 28.2 Å². The molecule has 0 atom stereocenters. The van der Waals surface area contributed by atoms with Gasteiger partial charge in [0.25, 0.3) is 0 Å². The van der Waals surface area contributed by atoms with E-state index in [1.807, 2.05) is 18.4 Å². The molecule has 0 saturated heterocycles. The Balaban J connectivity index is 2.45. The predicted molar refractivity (Wildman–Crippen MR) is 68.2 cm³/mol. The molecule has 0 aliphatic carbocycles. The van der Waals surface area contributed by atoms with Gasteiger partial charge in [0.15, 0.2) is 0 Å². The summed E-state index contributed by atoms with van der Waals surface area (Å²) in [6.07, 6.45) is 0.860. The third-order valence-corrected chi connectivity index (χ3v) is 2.91. The van der Waals surface area contributed by atoms with Crippen molar-refractivity contribution in [2.75, 3.05) is 26.9 Å². The SMILES string of the molecule is COCCOCCCn1c(C)cc(C(=O)O)c1C. The maximum Gasteiger partial charge on any atom is 0.337 e. The molecule has 1 heterocycles. The van der Waals surface area contributed by atoms with E-state index in [-0.39, 0.29) is 0 Å². The summed E-state index contributed by atoms with van der Waals surface area (Å²) >= 11 is 0. The number of methoxy groups -OCH3 is 1. The Morgan fingerprint density at radius 2 is 2.06 bits per heavy atom. The molecular formula is C13H21NO4. The zero-order chi connectivity index (χ0) is 13.5. The standard InChI is InChI=1S/C13H21NO4/c1-10-9-12(13(15)16)11(2)14(10)5-4-6-18-8-7-17-3/h9H,4-8H2,1-3H3,(H,15,16). The maximum absolute atomic E-state index is 11.0. The van der Waals surface area contributed by atoms with Crippen molar-refractivity contribution in [1.29, 1.82) is 0 Å². The number of aryl methyl sites for hydroxylation is 1. The zero-order valence-corrected chi connectivity index (χ0v) is 11.2. The molecular weight excluding hydrogens is 234 g/mol. The predicted octanol–water partition coefficient (Wildman–Crippen LogP) is 1.86. The van der Waals surface area contributed by atoms with Gasteiger partial charge in [-0.15, -0.1) is 0 Å². The van der Waals surface area contributed by atoms with E-state index in [0.29, 0.717) is 25.4 Å². The third-order valence-electron chi connectivity index (χ3n) is 2.91. The lowest BCUT2D eigenvalue weighted by molar-refractivity contribution is 0.0678. The summed E-state index contributed by atoms with van der Waals surface area (Å²) < 4.78 is 12.3. The van der Waals surface area contributed by atoms with Crippen molar-refractivity contribution < 1.29 is 19.4 Å². The van der Waals surface area contributed by atoms with Crippen molar-refractivity contribution >= 4 is 5.97 Å². The van der Waals surface area contributed by atoms with Crippen LogP contribution >= 0.6 is 0 Å². The molecule has 0 bridgehead atoms. The molecule has 0 aliphatic heterocycles. The number of hydrogen-bond acceptors (Lipinski definition) is 3. The summed E-state index contributed by atoms with van der Waals surface area (Å²) in [6, 6.07) is 1.71. The van der Waals surface area contributed by atoms with Crippen LogP contribution in [0.4, 0.5) is 0 Å². The Bertz CT molecular complexity index is 398. The van der Waals surface area contributed by atoms with Gasteiger partial charge in [-0.3, -0.25) is 0 Å². The summed E-state index contributed by atoms with van der Waals surface area (Å²) in [5.74, 6) is -0.870. The van der Waals surface area contributed by atoms with Crippen LogP contribution in [-0.4, -0.2) is 42.6 Å². The number of carboxylic acids is 1. The van der Waals surface area contributed by atoms with Gasteiger partial charge in [0.1, 0.15) is 0 Å². The van der Waals surface area contributed by atoms with Crippen molar-refractivity contribution in [3.05, 3.63) is 23.0 Å². The number of hydrogen-bond donors (Lipinski definition) is 1. The fourth-order valence-electron chi connectivity index (χ4n) is 1.93. The highest BCUT2D eigenvalue weighted by atomic mass is 16.5. The molecule has 18 heavy (non-hydrogen) atoms. The van der Waals surface area contributed by atoms with Gasteiger partial charge < -0.3 is 19.1 Å². The second-order valence-corrected chi connectivity index (χ2v) is 4.20. The molecule has 1 rings (SSSR count). The molecule has 0 aromatic carbocycles. The summed E-state index contributed by atoms with van der Waals surface area (Å²) in [5.41, 5.74) is 2.16. The van der Waals surface area contributed by atoms with Crippen molar-refractivity contribution in [1.82, 2.24) is 4.57 Å². The Hall–Kier alpha value is -1.33. The number of ether oxygens (including phenoxy) is 2. The van der Waals surface area contributed by atoms with Gasteiger partial charge >= 0.3 is 5.97 Å². The molecule has 0 amide bonds. The molecule has 1 aromatic rings. The number of nitrogens with zero attached hydrogens (tertiary/aromatic N) is 1. The first-order valence-corrected chi connectivity index (χ1v) is 6.04. The van der Waals surface area contributed by atoms with Crippen LogP contribution in [0, 0.1) is 13.8 Å². The number of aromatic nitrogens is 1. The molecule has 0 unspecified atom stereocenters. The van der Waals surface area contributed by atoms with E-state index < -0.39 is 5.97 Å². The molecule has 0 saturated carbocycles. The summed E-state index contributed by atoms with van der Waals surface area (Å²) in [7, 11) is 1.64. The lowest BCUT2D eigenvalue weighted by Crippen LogP contribution is -2.09. The van der Waals surface area contributed by atoms with Gasteiger partial charge in [0, 0.05) is 31.6 Å². The summed E-state index contributed by atoms with van der Waals surface area (Å²) in [6.45, 7) is 6.39. The average Bonchev–Trinajstić information content (AvgIpc) is 2.60. The van der Waals surface area contributed by atoms with Gasteiger partial charge in [0.05, 0.1) is 18.8 Å². The first-order valence-electron chi connectivity index (χ1n) is 6.04. The topological polar surface area (TPSA) is 60.7 Å². The van der Waals surface area contributed by atoms with Crippen LogP contribution in [0.15, 0.2) is 6.07 Å². The highest BCUT2D eigenvalue weighted by Crippen LogP contribution is 2.15. The van der Waals surface area contributed by atoms with Crippen molar-refractivity contribution in [3.63, 3.8) is 0 Å². The number of carboxylic acid groups (broad SMARTS) is 1. The smallest absolute Gasteiger partial charge is 0.337 e. The Kier molecular flexibility index (Phi) is 5.88. The lowest BCUT2D eigenvalue weighted by atomic mass is 10.2. The van der Waals surface area contributed by atoms with Gasteiger partial charge in [-0.05, 0) is 26.3 Å². The fourth-order valence-corrected chi connectivity index (χ4v) is 1.93. The quantitative estimate of drug-likeness (QED) is 0.720. The average molecular weight is 255 g/mol. The highest BCUT2D eigenvalue weighted by molar-refractivity contribution is 5.89. The van der Waals surface area contributed by atoms with Crippen LogP contribution in [0.3, 0.4) is 0 Å². The molecule has 0 radical (unpaired) electrons. The first kappa shape index (κ1) is 14.7. The normalized spacial score (nSPS) is 10.8. The Morgan fingerprint density at radius 3 is 2.61 bits per heavy atom. The van der Waals surface area contributed by atoms with E-state index in [1.54, 1.807) is 13.2 Å². The Morgan fingerprint density at radius 1 is 1.33 bits per heavy atom. The number of aromatic carboxylic acids is 1. The van der Waals surface area contributed by atoms with Crippen LogP contribution < -0.4 is 0 Å². The number of carbonyl (C=O) groups is 1. The van der Waals surface area contributed by atoms with Crippen molar-refractivity contribution in [2.45, 2.75) is 26.8 Å². The molecule has 0 spiro atoms. The molecule has 102 valence electrons. The molecule has 5 nitrogen and oxygen atoms in total. The fraction of sp³-hybridized carbons (Fsp3) is 0.615. The Labute approximate surface area is 107 Å². The largest absolute Gasteiger partial charge is 0.478 e. The van der Waals surface area contributed by atoms with Crippen LogP contribution in [0.5, 0.6) is 0 Å². The monoisotopic (exact) mass is 255 g/mol. The molecule has 5 heteroatoms. The lowest BCUT2D eigenvalue weighted by Gasteiger charge is -2.09. The zero-order valence-electron chi connectivity index (χ0n) is 11.2. The van der Waals surface area contributed by atoms with Gasteiger partial charge in [-0.2, -0.15) is 0 Å². The van der Waals surface area contributed by atoms with E-state index in [9.17, 15) is 4.79 Å². The second-order valence-electron chi connectivity index (χ2n) is 4.20. The maximum atomic E-state index is 11.0. The van der Waals surface area contributed by atoms with Gasteiger partial charge in [-0.1, -0.05) is 0 Å². The minimum absolute atomic E-state index is 0.382. The molecule has 0 fully saturated rings. The van der Waals surface area contributed by atoms with Crippen molar-refractivity contribution in [3.8, 4) is 0 Å². The number of rotatable bonds is 8. The van der Waals surface area contributed by atoms with E-state index in [4.69, 9.17) is 14.6 Å².